The number of carbonyl (C=O) groups is 1. The number of rotatable bonds is 4. The van der Waals surface area contributed by atoms with Gasteiger partial charge in [0.15, 0.2) is 0 Å². The number of ether oxygens (including phenoxy) is 2. The lowest BCUT2D eigenvalue weighted by molar-refractivity contribution is -0.163. The summed E-state index contributed by atoms with van der Waals surface area (Å²) in [6.07, 6.45) is 2.39. The van der Waals surface area contributed by atoms with Crippen LogP contribution in [0.15, 0.2) is 82.9 Å². The summed E-state index contributed by atoms with van der Waals surface area (Å²) in [5.74, 6) is 1.33. The number of nitrogens with zero attached hydrogens (tertiary/aromatic N) is 3. The zero-order valence-electron chi connectivity index (χ0n) is 19.5. The van der Waals surface area contributed by atoms with Gasteiger partial charge in [-0.25, -0.2) is 5.01 Å². The molecule has 2 atom stereocenters. The van der Waals surface area contributed by atoms with Gasteiger partial charge in [0.2, 0.25) is 0 Å². The Balaban J connectivity index is 1.57. The highest BCUT2D eigenvalue weighted by Gasteiger charge is 2.63. The summed E-state index contributed by atoms with van der Waals surface area (Å²) in [7, 11) is 1.65. The minimum Gasteiger partial charge on any atom is -0.497 e. The van der Waals surface area contributed by atoms with Crippen molar-refractivity contribution in [2.45, 2.75) is 25.1 Å². The van der Waals surface area contributed by atoms with Crippen LogP contribution in [-0.2, 0) is 10.5 Å². The van der Waals surface area contributed by atoms with Crippen molar-refractivity contribution in [1.82, 2.24) is 5.01 Å². The minimum absolute atomic E-state index is 0.156. The molecule has 3 aromatic carbocycles. The lowest BCUT2D eigenvalue weighted by atomic mass is 9.92. The molecule has 0 N–H and O–H groups in total. The largest absolute Gasteiger partial charge is 0.497 e. The molecule has 0 aromatic heterocycles. The Morgan fingerprint density at radius 3 is 2.74 bits per heavy atom. The molecule has 0 bridgehead atoms. The van der Waals surface area contributed by atoms with Crippen LogP contribution in [0, 0.1) is 6.92 Å². The predicted molar refractivity (Wildman–Crippen MR) is 139 cm³/mol. The number of hydrogen-bond donors (Lipinski definition) is 0. The summed E-state index contributed by atoms with van der Waals surface area (Å²) in [6, 6.07) is 19.7. The zero-order chi connectivity index (χ0) is 24.3. The Kier molecular flexibility index (Phi) is 5.00. The molecule has 6 rings (SSSR count). The Hall–Kier alpha value is -3.58. The first-order valence-electron chi connectivity index (χ1n) is 11.5. The van der Waals surface area contributed by atoms with Crippen LogP contribution in [0.2, 0.25) is 0 Å². The highest BCUT2D eigenvalue weighted by Crippen LogP contribution is 2.56. The molecule has 35 heavy (non-hydrogen) atoms. The van der Waals surface area contributed by atoms with Crippen LogP contribution in [0.5, 0.6) is 11.5 Å². The second kappa shape index (κ2) is 7.99. The van der Waals surface area contributed by atoms with Gasteiger partial charge in [0.1, 0.15) is 11.5 Å². The summed E-state index contributed by atoms with van der Waals surface area (Å²) in [4.78, 5) is 15.9. The van der Waals surface area contributed by atoms with Gasteiger partial charge in [-0.3, -0.25) is 4.79 Å². The van der Waals surface area contributed by atoms with E-state index in [4.69, 9.17) is 14.6 Å². The average Bonchev–Trinajstić information content (AvgIpc) is 3.41. The number of hydrazone groups is 1. The highest BCUT2D eigenvalue weighted by molar-refractivity contribution is 9.10. The maximum absolute atomic E-state index is 14.2. The molecule has 3 heterocycles. The van der Waals surface area contributed by atoms with Crippen LogP contribution in [0.1, 0.15) is 34.7 Å². The second-order valence-electron chi connectivity index (χ2n) is 8.99. The van der Waals surface area contributed by atoms with Crippen molar-refractivity contribution in [2.75, 3.05) is 18.6 Å². The first-order chi connectivity index (χ1) is 17.0. The van der Waals surface area contributed by atoms with Crippen molar-refractivity contribution < 1.29 is 14.3 Å². The summed E-state index contributed by atoms with van der Waals surface area (Å²) in [6.45, 7) is 6.28. The fraction of sp³-hybridized carbons (Fsp3) is 0.214. The number of anilines is 1. The zero-order valence-corrected chi connectivity index (χ0v) is 21.1. The van der Waals surface area contributed by atoms with Crippen LogP contribution >= 0.6 is 15.9 Å². The molecule has 0 unspecified atom stereocenters. The number of methoxy groups -OCH3 is 1. The third-order valence-electron chi connectivity index (χ3n) is 6.90. The summed E-state index contributed by atoms with van der Waals surface area (Å²) in [5, 5.41) is 6.95. The van der Waals surface area contributed by atoms with Gasteiger partial charge < -0.3 is 14.4 Å². The van der Waals surface area contributed by atoms with Crippen molar-refractivity contribution in [3.05, 3.63) is 100 Å². The fourth-order valence-corrected chi connectivity index (χ4v) is 5.65. The number of benzene rings is 3. The molecule has 0 aliphatic carbocycles. The first kappa shape index (κ1) is 21.9. The summed E-state index contributed by atoms with van der Waals surface area (Å²) < 4.78 is 13.0. The molecule has 3 aromatic rings. The molecule has 0 radical (unpaired) electrons. The van der Waals surface area contributed by atoms with Gasteiger partial charge in [0, 0.05) is 23.0 Å². The molecule has 3 aliphatic rings. The molecule has 1 spiro atoms. The molecule has 3 aliphatic heterocycles. The first-order valence-corrected chi connectivity index (χ1v) is 12.3. The summed E-state index contributed by atoms with van der Waals surface area (Å²) >= 11 is 3.60. The van der Waals surface area contributed by atoms with E-state index in [0.717, 1.165) is 43.9 Å². The third-order valence-corrected chi connectivity index (χ3v) is 7.39. The van der Waals surface area contributed by atoms with E-state index in [0.29, 0.717) is 18.7 Å². The number of hydrogen-bond acceptors (Lipinski definition) is 5. The standard InChI is InChI=1S/C28H24BrN3O3/c1-4-13-31-24-11-5-17(2)14-22(24)28(27(31)33)32-25(21-15-19(29)8-12-26(21)35-28)16-23(30-32)18-6-9-20(34-3)10-7-18/h4-12,14-15,25H,1,13,16H2,2-3H3/t25-,28-/m0/s1. The van der Waals surface area contributed by atoms with E-state index in [1.807, 2.05) is 66.5 Å². The molecular weight excluding hydrogens is 506 g/mol. The molecular formula is C28H24BrN3O3. The van der Waals surface area contributed by atoms with E-state index < -0.39 is 5.72 Å². The van der Waals surface area contributed by atoms with Gasteiger partial charge in [-0.15, -0.1) is 6.58 Å². The maximum Gasteiger partial charge on any atom is 0.306 e. The second-order valence-corrected chi connectivity index (χ2v) is 9.91. The quantitative estimate of drug-likeness (QED) is 0.407. The van der Waals surface area contributed by atoms with Gasteiger partial charge in [0.25, 0.3) is 5.91 Å². The topological polar surface area (TPSA) is 54.4 Å². The maximum atomic E-state index is 14.2. The van der Waals surface area contributed by atoms with Crippen molar-refractivity contribution in [1.29, 1.82) is 0 Å². The number of halogens is 1. The highest BCUT2D eigenvalue weighted by atomic mass is 79.9. The predicted octanol–water partition coefficient (Wildman–Crippen LogP) is 5.70. The normalized spacial score (nSPS) is 21.9. The molecule has 6 nitrogen and oxygen atoms in total. The van der Waals surface area contributed by atoms with E-state index in [-0.39, 0.29) is 11.9 Å². The minimum atomic E-state index is -1.38. The van der Waals surface area contributed by atoms with E-state index in [1.54, 1.807) is 18.1 Å². The Morgan fingerprint density at radius 2 is 2.00 bits per heavy atom. The Labute approximate surface area is 212 Å². The van der Waals surface area contributed by atoms with Crippen LogP contribution < -0.4 is 14.4 Å². The smallest absolute Gasteiger partial charge is 0.306 e. The molecule has 0 saturated carbocycles. The molecule has 0 saturated heterocycles. The van der Waals surface area contributed by atoms with E-state index in [9.17, 15) is 4.79 Å². The van der Waals surface area contributed by atoms with Gasteiger partial charge in [-0.2, -0.15) is 5.10 Å². The van der Waals surface area contributed by atoms with Crippen LogP contribution in [0.3, 0.4) is 0 Å². The van der Waals surface area contributed by atoms with Crippen LogP contribution in [0.4, 0.5) is 5.69 Å². The summed E-state index contributed by atoms with van der Waals surface area (Å²) in [5.41, 5.74) is 4.19. The van der Waals surface area contributed by atoms with Gasteiger partial charge in [-0.05, 0) is 67.1 Å². The monoisotopic (exact) mass is 529 g/mol. The van der Waals surface area contributed by atoms with Gasteiger partial charge >= 0.3 is 5.72 Å². The van der Waals surface area contributed by atoms with E-state index in [1.165, 1.54) is 0 Å². The van der Waals surface area contributed by atoms with Crippen LogP contribution in [0.25, 0.3) is 0 Å². The lowest BCUT2D eigenvalue weighted by Gasteiger charge is -2.44. The Morgan fingerprint density at radius 1 is 1.20 bits per heavy atom. The molecule has 176 valence electrons. The lowest BCUT2D eigenvalue weighted by Crippen LogP contribution is -2.57. The fourth-order valence-electron chi connectivity index (χ4n) is 5.27. The number of fused-ring (bicyclic) bond motifs is 6. The van der Waals surface area contributed by atoms with Crippen molar-refractivity contribution in [3.63, 3.8) is 0 Å². The number of aryl methyl sites for hydroxylation is 1. The molecule has 1 amide bonds. The van der Waals surface area contributed by atoms with E-state index >= 15 is 0 Å². The van der Waals surface area contributed by atoms with Gasteiger partial charge in [-0.1, -0.05) is 33.6 Å². The van der Waals surface area contributed by atoms with Crippen LogP contribution in [-0.4, -0.2) is 30.3 Å². The number of carbonyl (C=O) groups excluding carboxylic acids is 1. The molecule has 7 heteroatoms. The van der Waals surface area contributed by atoms with Crippen molar-refractivity contribution in [3.8, 4) is 11.5 Å². The molecule has 0 fully saturated rings. The Bertz CT molecular complexity index is 1400. The van der Waals surface area contributed by atoms with Crippen molar-refractivity contribution in [2.24, 2.45) is 5.10 Å². The van der Waals surface area contributed by atoms with Gasteiger partial charge in [0.05, 0.1) is 30.1 Å². The van der Waals surface area contributed by atoms with Crippen molar-refractivity contribution >= 4 is 33.2 Å². The third kappa shape index (κ3) is 3.14. The number of amides is 1. The SMILES string of the molecule is C=CCN1C(=O)[C@@]2(Oc3ccc(Br)cc3[C@@H]3CC(c4ccc(OC)cc4)=NN32)c2cc(C)ccc21. The average molecular weight is 530 g/mol. The van der Waals surface area contributed by atoms with E-state index in [2.05, 4.69) is 28.6 Å².